The number of nitrogens with zero attached hydrogens (tertiary/aromatic N) is 3. The topological polar surface area (TPSA) is 40.1 Å². The van der Waals surface area contributed by atoms with Gasteiger partial charge >= 0.3 is 0 Å². The van der Waals surface area contributed by atoms with Crippen molar-refractivity contribution in [1.29, 1.82) is 0 Å². The van der Waals surface area contributed by atoms with Crippen LogP contribution in [0.3, 0.4) is 0 Å². The SMILES string of the molecule is CN=C(NCC1CCCCN1Cc1ccccc1)N1CCC2(CCOC2)C1.I. The van der Waals surface area contributed by atoms with Gasteiger partial charge in [-0.3, -0.25) is 9.89 Å². The summed E-state index contributed by atoms with van der Waals surface area (Å²) >= 11 is 0. The monoisotopic (exact) mass is 498 g/mol. The molecule has 1 aromatic carbocycles. The van der Waals surface area contributed by atoms with Gasteiger partial charge in [0, 0.05) is 51.3 Å². The molecule has 3 aliphatic heterocycles. The molecule has 2 atom stereocenters. The maximum atomic E-state index is 5.68. The molecule has 4 rings (SSSR count). The van der Waals surface area contributed by atoms with Crippen molar-refractivity contribution in [2.24, 2.45) is 10.4 Å². The Morgan fingerprint density at radius 2 is 2.07 bits per heavy atom. The highest BCUT2D eigenvalue weighted by molar-refractivity contribution is 14.0. The Morgan fingerprint density at radius 1 is 1.21 bits per heavy atom. The lowest BCUT2D eigenvalue weighted by Crippen LogP contribution is -2.49. The number of guanidine groups is 1. The maximum Gasteiger partial charge on any atom is 0.193 e. The quantitative estimate of drug-likeness (QED) is 0.393. The summed E-state index contributed by atoms with van der Waals surface area (Å²) in [7, 11) is 1.92. The lowest BCUT2D eigenvalue weighted by Gasteiger charge is -2.36. The Labute approximate surface area is 186 Å². The molecule has 1 aromatic rings. The Morgan fingerprint density at radius 3 is 2.82 bits per heavy atom. The van der Waals surface area contributed by atoms with Gasteiger partial charge in [-0.15, -0.1) is 24.0 Å². The average molecular weight is 498 g/mol. The molecule has 3 heterocycles. The largest absolute Gasteiger partial charge is 0.381 e. The van der Waals surface area contributed by atoms with E-state index in [1.807, 2.05) is 7.05 Å². The zero-order valence-corrected chi connectivity index (χ0v) is 19.4. The second-order valence-electron chi connectivity index (χ2n) is 8.51. The summed E-state index contributed by atoms with van der Waals surface area (Å²) in [6.07, 6.45) is 6.35. The van der Waals surface area contributed by atoms with Crippen LogP contribution in [0.15, 0.2) is 35.3 Å². The fourth-order valence-electron chi connectivity index (χ4n) is 4.95. The summed E-state index contributed by atoms with van der Waals surface area (Å²) in [6, 6.07) is 11.5. The highest BCUT2D eigenvalue weighted by Gasteiger charge is 2.42. The van der Waals surface area contributed by atoms with Crippen molar-refractivity contribution in [2.75, 3.05) is 46.4 Å². The van der Waals surface area contributed by atoms with Crippen LogP contribution in [-0.2, 0) is 11.3 Å². The third-order valence-corrected chi connectivity index (χ3v) is 6.61. The summed E-state index contributed by atoms with van der Waals surface area (Å²) in [5, 5.41) is 3.70. The van der Waals surface area contributed by atoms with Gasteiger partial charge in [-0.05, 0) is 37.8 Å². The van der Waals surface area contributed by atoms with Crippen molar-refractivity contribution in [3.05, 3.63) is 35.9 Å². The van der Waals surface area contributed by atoms with E-state index < -0.39 is 0 Å². The Kier molecular flexibility index (Phi) is 8.00. The molecule has 0 saturated carbocycles. The van der Waals surface area contributed by atoms with Crippen LogP contribution in [-0.4, -0.2) is 68.2 Å². The van der Waals surface area contributed by atoms with E-state index in [1.165, 1.54) is 44.2 Å². The van der Waals surface area contributed by atoms with Crippen LogP contribution in [0.1, 0.15) is 37.7 Å². The van der Waals surface area contributed by atoms with Crippen LogP contribution in [0.5, 0.6) is 0 Å². The molecule has 28 heavy (non-hydrogen) atoms. The van der Waals surface area contributed by atoms with Gasteiger partial charge < -0.3 is 15.0 Å². The van der Waals surface area contributed by atoms with Crippen molar-refractivity contribution in [3.63, 3.8) is 0 Å². The molecule has 1 N–H and O–H groups in total. The number of hydrogen-bond acceptors (Lipinski definition) is 3. The molecule has 2 unspecified atom stereocenters. The van der Waals surface area contributed by atoms with Gasteiger partial charge in [0.05, 0.1) is 6.61 Å². The number of halogens is 1. The van der Waals surface area contributed by atoms with Crippen LogP contribution < -0.4 is 5.32 Å². The van der Waals surface area contributed by atoms with Gasteiger partial charge in [0.2, 0.25) is 0 Å². The van der Waals surface area contributed by atoms with E-state index in [0.717, 1.165) is 45.4 Å². The number of nitrogens with one attached hydrogen (secondary N) is 1. The predicted octanol–water partition coefficient (Wildman–Crippen LogP) is 3.35. The van der Waals surface area contributed by atoms with E-state index in [4.69, 9.17) is 4.74 Å². The lowest BCUT2D eigenvalue weighted by atomic mass is 9.87. The number of benzene rings is 1. The number of likely N-dealkylation sites (tertiary alicyclic amines) is 2. The molecule has 6 heteroatoms. The second kappa shape index (κ2) is 10.3. The molecule has 3 saturated heterocycles. The van der Waals surface area contributed by atoms with Gasteiger partial charge in [-0.2, -0.15) is 0 Å². The van der Waals surface area contributed by atoms with Crippen molar-refractivity contribution in [2.45, 2.75) is 44.7 Å². The number of piperidine rings is 1. The first-order valence-electron chi connectivity index (χ1n) is 10.6. The highest BCUT2D eigenvalue weighted by Crippen LogP contribution is 2.38. The van der Waals surface area contributed by atoms with E-state index in [9.17, 15) is 0 Å². The molecule has 3 fully saturated rings. The average Bonchev–Trinajstić information content (AvgIpc) is 3.34. The summed E-state index contributed by atoms with van der Waals surface area (Å²) in [5.41, 5.74) is 1.79. The van der Waals surface area contributed by atoms with E-state index in [-0.39, 0.29) is 24.0 Å². The van der Waals surface area contributed by atoms with Crippen molar-refractivity contribution in [1.82, 2.24) is 15.1 Å². The minimum atomic E-state index is 0. The second-order valence-corrected chi connectivity index (χ2v) is 8.51. The molecule has 3 aliphatic rings. The van der Waals surface area contributed by atoms with Crippen LogP contribution in [0, 0.1) is 5.41 Å². The highest BCUT2D eigenvalue weighted by atomic mass is 127. The molecule has 156 valence electrons. The third kappa shape index (κ3) is 5.19. The summed E-state index contributed by atoms with van der Waals surface area (Å²) in [5.74, 6) is 1.07. The summed E-state index contributed by atoms with van der Waals surface area (Å²) in [6.45, 7) is 7.27. The minimum absolute atomic E-state index is 0. The van der Waals surface area contributed by atoms with Crippen molar-refractivity contribution in [3.8, 4) is 0 Å². The van der Waals surface area contributed by atoms with Crippen LogP contribution in [0.4, 0.5) is 0 Å². The third-order valence-electron chi connectivity index (χ3n) is 6.61. The predicted molar refractivity (Wildman–Crippen MR) is 125 cm³/mol. The number of ether oxygens (including phenoxy) is 1. The van der Waals surface area contributed by atoms with Crippen LogP contribution in [0.25, 0.3) is 0 Å². The fourth-order valence-corrected chi connectivity index (χ4v) is 4.95. The van der Waals surface area contributed by atoms with E-state index in [1.54, 1.807) is 0 Å². The molecule has 0 bridgehead atoms. The summed E-state index contributed by atoms with van der Waals surface area (Å²) in [4.78, 5) is 9.68. The van der Waals surface area contributed by atoms with Crippen molar-refractivity contribution < 1.29 is 4.74 Å². The zero-order chi connectivity index (χ0) is 18.5. The van der Waals surface area contributed by atoms with Gasteiger partial charge in [0.15, 0.2) is 5.96 Å². The molecule has 0 aromatic heterocycles. The van der Waals surface area contributed by atoms with Crippen molar-refractivity contribution >= 4 is 29.9 Å². The molecule has 0 radical (unpaired) electrons. The van der Waals surface area contributed by atoms with Gasteiger partial charge in [-0.25, -0.2) is 0 Å². The Bertz CT molecular complexity index is 633. The number of rotatable bonds is 4. The minimum Gasteiger partial charge on any atom is -0.381 e. The normalized spacial score (nSPS) is 28.5. The number of hydrogen-bond donors (Lipinski definition) is 1. The molecule has 0 aliphatic carbocycles. The first-order valence-corrected chi connectivity index (χ1v) is 10.6. The van der Waals surface area contributed by atoms with Gasteiger partial charge in [0.1, 0.15) is 0 Å². The first-order chi connectivity index (χ1) is 13.3. The molecule has 1 spiro atoms. The van der Waals surface area contributed by atoms with E-state index in [0.29, 0.717) is 11.5 Å². The van der Waals surface area contributed by atoms with Crippen LogP contribution >= 0.6 is 24.0 Å². The smallest absolute Gasteiger partial charge is 0.193 e. The lowest BCUT2D eigenvalue weighted by molar-refractivity contribution is 0.140. The Hall–Kier alpha value is -0.860. The Balaban J connectivity index is 0.00000225. The van der Waals surface area contributed by atoms with Gasteiger partial charge in [-0.1, -0.05) is 36.8 Å². The summed E-state index contributed by atoms with van der Waals surface area (Å²) < 4.78 is 5.68. The number of aliphatic imine (C=N–C) groups is 1. The fraction of sp³-hybridized carbons (Fsp3) is 0.682. The maximum absolute atomic E-state index is 5.68. The molecule has 5 nitrogen and oxygen atoms in total. The molecular formula is C22H35IN4O. The van der Waals surface area contributed by atoms with Crippen LogP contribution in [0.2, 0.25) is 0 Å². The zero-order valence-electron chi connectivity index (χ0n) is 17.1. The van der Waals surface area contributed by atoms with E-state index in [2.05, 4.69) is 50.4 Å². The molecular weight excluding hydrogens is 463 g/mol. The standard InChI is InChI=1S/C22H34N4O.HI/c1-23-21(26-13-10-22(17-26)11-14-27-18-22)24-15-20-9-5-6-12-25(20)16-19-7-3-2-4-8-19;/h2-4,7-8,20H,5-6,9-18H2,1H3,(H,23,24);1H. The first kappa shape index (κ1) is 21.8. The molecule has 0 amide bonds. The van der Waals surface area contributed by atoms with E-state index >= 15 is 0 Å². The van der Waals surface area contributed by atoms with Gasteiger partial charge in [0.25, 0.3) is 0 Å².